The Kier molecular flexibility index (Phi) is 7.36. The van der Waals surface area contributed by atoms with Gasteiger partial charge >= 0.3 is 6.09 Å². The Labute approximate surface area is 225 Å². The maximum atomic E-state index is 12.2. The van der Waals surface area contributed by atoms with Crippen LogP contribution in [0.5, 0.6) is 0 Å². The fourth-order valence-corrected chi connectivity index (χ4v) is 4.32. The summed E-state index contributed by atoms with van der Waals surface area (Å²) < 4.78 is 9.38. The number of anilines is 1. The van der Waals surface area contributed by atoms with Crippen molar-refractivity contribution in [2.24, 2.45) is 0 Å². The Morgan fingerprint density at radius 1 is 1.10 bits per heavy atom. The first kappa shape index (κ1) is 25.7. The smallest absolute Gasteiger partial charge is 0.407 e. The lowest BCUT2D eigenvalue weighted by molar-refractivity contribution is 0.143. The number of carbonyl (C=O) groups is 1. The number of unbranched alkanes of at least 4 members (excludes halogenated alkanes) is 1. The standard InChI is InChI=1S/C28H29N9O2/c1-18(2)37-17-32-22-10-7-20(13-23(22)37)15-31-28(38)39-12-4-3-11-36-16-33-24-25(30)34-26(35-27(24)36)21-8-5-19(14-29)6-9-21/h5-10,13,16-18H,3-4,11-12,15H2,1-2H3,(H,31,38)(H2,30,34,35). The predicted molar refractivity (Wildman–Crippen MR) is 147 cm³/mol. The van der Waals surface area contributed by atoms with Gasteiger partial charge in [0.05, 0.1) is 41.9 Å². The van der Waals surface area contributed by atoms with E-state index in [1.165, 1.54) is 0 Å². The van der Waals surface area contributed by atoms with Crippen LogP contribution < -0.4 is 11.1 Å². The zero-order valence-electron chi connectivity index (χ0n) is 21.8. The topological polar surface area (TPSA) is 150 Å². The summed E-state index contributed by atoms with van der Waals surface area (Å²) in [6, 6.07) is 15.4. The molecule has 0 aliphatic carbocycles. The van der Waals surface area contributed by atoms with Crippen LogP contribution >= 0.6 is 0 Å². The molecule has 0 unspecified atom stereocenters. The number of carbonyl (C=O) groups excluding carboxylic acids is 1. The number of imidazole rings is 2. The number of nitrogens with two attached hydrogens (primary N) is 1. The third kappa shape index (κ3) is 5.65. The van der Waals surface area contributed by atoms with Crippen LogP contribution in [0.1, 0.15) is 43.9 Å². The number of alkyl carbamates (subject to hydrolysis) is 1. The van der Waals surface area contributed by atoms with Gasteiger partial charge in [0.2, 0.25) is 0 Å². The average Bonchev–Trinajstić information content (AvgIpc) is 3.56. The number of amides is 1. The van der Waals surface area contributed by atoms with E-state index in [1.807, 2.05) is 29.1 Å². The predicted octanol–water partition coefficient (Wildman–Crippen LogP) is 4.58. The van der Waals surface area contributed by atoms with E-state index in [4.69, 9.17) is 15.7 Å². The molecule has 3 N–H and O–H groups in total. The van der Waals surface area contributed by atoms with Gasteiger partial charge in [0.15, 0.2) is 17.3 Å². The van der Waals surface area contributed by atoms with Gasteiger partial charge in [0, 0.05) is 24.7 Å². The van der Waals surface area contributed by atoms with Crippen molar-refractivity contribution in [1.82, 2.24) is 34.4 Å². The maximum Gasteiger partial charge on any atom is 0.407 e. The van der Waals surface area contributed by atoms with E-state index in [9.17, 15) is 4.79 Å². The highest BCUT2D eigenvalue weighted by atomic mass is 16.5. The van der Waals surface area contributed by atoms with Crippen molar-refractivity contribution in [1.29, 1.82) is 5.26 Å². The fourth-order valence-electron chi connectivity index (χ4n) is 4.32. The van der Waals surface area contributed by atoms with E-state index in [-0.39, 0.29) is 0 Å². The molecule has 0 aliphatic rings. The quantitative estimate of drug-likeness (QED) is 0.267. The molecule has 0 fully saturated rings. The van der Waals surface area contributed by atoms with E-state index < -0.39 is 6.09 Å². The zero-order chi connectivity index (χ0) is 27.4. The van der Waals surface area contributed by atoms with Crippen molar-refractivity contribution in [3.05, 3.63) is 66.2 Å². The van der Waals surface area contributed by atoms with Crippen molar-refractivity contribution >= 4 is 34.1 Å². The van der Waals surface area contributed by atoms with Crippen LogP contribution in [-0.4, -0.2) is 41.8 Å². The number of aryl methyl sites for hydroxylation is 1. The molecular weight excluding hydrogens is 494 g/mol. The van der Waals surface area contributed by atoms with Gasteiger partial charge < -0.3 is 24.9 Å². The number of fused-ring (bicyclic) bond motifs is 2. The Balaban J connectivity index is 1.12. The molecule has 0 atom stereocenters. The number of nitrogens with one attached hydrogen (secondary N) is 1. The van der Waals surface area contributed by atoms with Crippen molar-refractivity contribution < 1.29 is 9.53 Å². The van der Waals surface area contributed by atoms with E-state index in [0.29, 0.717) is 60.5 Å². The van der Waals surface area contributed by atoms with Crippen LogP contribution in [0, 0.1) is 11.3 Å². The fraction of sp³-hybridized carbons (Fsp3) is 0.286. The summed E-state index contributed by atoms with van der Waals surface area (Å²) in [5.74, 6) is 0.769. The van der Waals surface area contributed by atoms with Gasteiger partial charge in [-0.1, -0.05) is 6.07 Å². The largest absolute Gasteiger partial charge is 0.450 e. The van der Waals surface area contributed by atoms with Crippen molar-refractivity contribution in [2.75, 3.05) is 12.3 Å². The Bertz CT molecular complexity index is 1660. The SMILES string of the molecule is CC(C)n1cnc2ccc(CNC(=O)OCCCCn3cnc4c(N)nc(-c5ccc(C#N)cc5)nc43)cc21. The summed E-state index contributed by atoms with van der Waals surface area (Å²) in [4.78, 5) is 30.0. The number of ether oxygens (including phenoxy) is 1. The third-order valence-corrected chi connectivity index (χ3v) is 6.42. The summed E-state index contributed by atoms with van der Waals surface area (Å²) in [5, 5.41) is 11.8. The molecule has 3 heterocycles. The molecule has 3 aromatic heterocycles. The van der Waals surface area contributed by atoms with Gasteiger partial charge in [-0.2, -0.15) is 5.26 Å². The van der Waals surface area contributed by atoms with E-state index >= 15 is 0 Å². The monoisotopic (exact) mass is 523 g/mol. The number of rotatable bonds is 9. The molecule has 0 saturated heterocycles. The molecule has 1 amide bonds. The van der Waals surface area contributed by atoms with Crippen LogP contribution in [0.2, 0.25) is 0 Å². The summed E-state index contributed by atoms with van der Waals surface area (Å²) >= 11 is 0. The number of nitriles is 1. The lowest BCUT2D eigenvalue weighted by Gasteiger charge is -2.10. The van der Waals surface area contributed by atoms with E-state index in [0.717, 1.165) is 28.6 Å². The Morgan fingerprint density at radius 2 is 1.92 bits per heavy atom. The Morgan fingerprint density at radius 3 is 2.69 bits per heavy atom. The number of aromatic nitrogens is 6. The van der Waals surface area contributed by atoms with Crippen LogP contribution in [-0.2, 0) is 17.8 Å². The van der Waals surface area contributed by atoms with Crippen molar-refractivity contribution in [3.8, 4) is 17.5 Å². The van der Waals surface area contributed by atoms with Gasteiger partial charge in [0.1, 0.15) is 5.52 Å². The van der Waals surface area contributed by atoms with Crippen LogP contribution in [0.3, 0.4) is 0 Å². The van der Waals surface area contributed by atoms with Crippen LogP contribution in [0.25, 0.3) is 33.6 Å². The van der Waals surface area contributed by atoms with E-state index in [1.54, 1.807) is 30.6 Å². The average molecular weight is 524 g/mol. The second-order valence-electron chi connectivity index (χ2n) is 9.50. The molecule has 0 radical (unpaired) electrons. The highest BCUT2D eigenvalue weighted by Crippen LogP contribution is 2.23. The lowest BCUT2D eigenvalue weighted by atomic mass is 10.1. The number of hydrogen-bond donors (Lipinski definition) is 2. The summed E-state index contributed by atoms with van der Waals surface area (Å²) in [5.41, 5.74) is 11.6. The number of hydrogen-bond acceptors (Lipinski definition) is 8. The number of nitrogens with zero attached hydrogens (tertiary/aromatic N) is 7. The van der Waals surface area contributed by atoms with Crippen LogP contribution in [0.4, 0.5) is 10.6 Å². The number of benzene rings is 2. The second kappa shape index (κ2) is 11.2. The van der Waals surface area contributed by atoms with Crippen molar-refractivity contribution in [2.45, 2.75) is 45.8 Å². The molecule has 39 heavy (non-hydrogen) atoms. The minimum absolute atomic E-state index is 0.297. The molecule has 5 aromatic rings. The molecule has 11 heteroatoms. The van der Waals surface area contributed by atoms with Gasteiger partial charge in [-0.05, 0) is 68.7 Å². The first-order valence-corrected chi connectivity index (χ1v) is 12.8. The highest BCUT2D eigenvalue weighted by molar-refractivity contribution is 5.83. The van der Waals surface area contributed by atoms with E-state index in [2.05, 4.69) is 49.7 Å². The maximum absolute atomic E-state index is 12.2. The van der Waals surface area contributed by atoms with Gasteiger partial charge in [-0.3, -0.25) is 0 Å². The lowest BCUT2D eigenvalue weighted by Crippen LogP contribution is -2.24. The van der Waals surface area contributed by atoms with Crippen LogP contribution in [0.15, 0.2) is 55.1 Å². The third-order valence-electron chi connectivity index (χ3n) is 6.42. The molecule has 11 nitrogen and oxygen atoms in total. The van der Waals surface area contributed by atoms with Crippen molar-refractivity contribution in [3.63, 3.8) is 0 Å². The molecule has 0 bridgehead atoms. The van der Waals surface area contributed by atoms with Gasteiger partial charge in [0.25, 0.3) is 0 Å². The molecule has 0 aliphatic heterocycles. The molecule has 5 rings (SSSR count). The number of nitrogen functional groups attached to an aromatic ring is 1. The van der Waals surface area contributed by atoms with Gasteiger partial charge in [-0.15, -0.1) is 0 Å². The second-order valence-corrected chi connectivity index (χ2v) is 9.50. The molecule has 2 aromatic carbocycles. The molecule has 0 saturated carbocycles. The minimum Gasteiger partial charge on any atom is -0.450 e. The van der Waals surface area contributed by atoms with Gasteiger partial charge in [-0.25, -0.2) is 24.7 Å². The highest BCUT2D eigenvalue weighted by Gasteiger charge is 2.13. The Hall–Kier alpha value is -4.98. The summed E-state index contributed by atoms with van der Waals surface area (Å²) in [6.45, 7) is 5.52. The first-order valence-electron chi connectivity index (χ1n) is 12.8. The zero-order valence-corrected chi connectivity index (χ0v) is 21.8. The molecule has 0 spiro atoms. The first-order chi connectivity index (χ1) is 18.9. The minimum atomic E-state index is -0.451. The summed E-state index contributed by atoms with van der Waals surface area (Å²) in [7, 11) is 0. The molecular formula is C28H29N9O2. The normalized spacial score (nSPS) is 11.2. The molecule has 198 valence electrons. The summed E-state index contributed by atoms with van der Waals surface area (Å²) in [6.07, 6.45) is 4.51.